The highest BCUT2D eigenvalue weighted by Gasteiger charge is 2.23. The molecule has 1 saturated carbocycles. The van der Waals surface area contributed by atoms with Crippen LogP contribution in [-0.4, -0.2) is 26.8 Å². The molecule has 114 valence electrons. The zero-order valence-corrected chi connectivity index (χ0v) is 12.7. The van der Waals surface area contributed by atoms with Gasteiger partial charge < -0.3 is 9.88 Å². The van der Waals surface area contributed by atoms with E-state index < -0.39 is 0 Å². The van der Waals surface area contributed by atoms with Gasteiger partial charge in [-0.3, -0.25) is 4.79 Å². The molecular weight excluding hydrogens is 264 g/mol. The number of rotatable bonds is 5. The number of likely N-dealkylation sites (N-methyl/N-ethyl adjacent to an activating group) is 1. The number of hydrogen-bond donors (Lipinski definition) is 1. The van der Waals surface area contributed by atoms with Crippen molar-refractivity contribution in [2.24, 2.45) is 5.92 Å². The maximum absolute atomic E-state index is 12.5. The van der Waals surface area contributed by atoms with Crippen molar-refractivity contribution >= 4 is 5.52 Å². The Morgan fingerprint density at radius 3 is 2.90 bits per heavy atom. The van der Waals surface area contributed by atoms with E-state index in [2.05, 4.69) is 17.3 Å². The van der Waals surface area contributed by atoms with Crippen molar-refractivity contribution in [2.45, 2.75) is 51.6 Å². The van der Waals surface area contributed by atoms with Gasteiger partial charge >= 0.3 is 0 Å². The van der Waals surface area contributed by atoms with Gasteiger partial charge in [-0.1, -0.05) is 26.2 Å². The van der Waals surface area contributed by atoms with Gasteiger partial charge in [-0.05, 0) is 31.4 Å². The largest absolute Gasteiger partial charge is 0.312 e. The predicted octanol–water partition coefficient (Wildman–Crippen LogP) is 2.05. The fourth-order valence-electron chi connectivity index (χ4n) is 3.50. The van der Waals surface area contributed by atoms with E-state index in [0.717, 1.165) is 13.1 Å². The van der Waals surface area contributed by atoms with Crippen molar-refractivity contribution in [1.29, 1.82) is 0 Å². The van der Waals surface area contributed by atoms with Crippen molar-refractivity contribution < 1.29 is 0 Å². The van der Waals surface area contributed by atoms with Gasteiger partial charge in [-0.15, -0.1) is 0 Å². The van der Waals surface area contributed by atoms with Gasteiger partial charge in [0, 0.05) is 25.0 Å². The normalized spacial score (nSPS) is 18.1. The first-order valence-electron chi connectivity index (χ1n) is 8.05. The molecular formula is C16H24N4O. The number of hydrogen-bond acceptors (Lipinski definition) is 3. The minimum Gasteiger partial charge on any atom is -0.312 e. The van der Waals surface area contributed by atoms with Crippen molar-refractivity contribution in [3.63, 3.8) is 0 Å². The molecule has 1 N–H and O–H groups in total. The molecule has 0 aliphatic heterocycles. The third kappa shape index (κ3) is 3.02. The second-order valence-electron chi connectivity index (χ2n) is 5.98. The number of nitrogens with zero attached hydrogens (tertiary/aromatic N) is 3. The number of fused-ring (bicyclic) bond motifs is 1. The fourth-order valence-corrected chi connectivity index (χ4v) is 3.50. The Labute approximate surface area is 125 Å². The summed E-state index contributed by atoms with van der Waals surface area (Å²) in [5.74, 6) is 0.687. The summed E-state index contributed by atoms with van der Waals surface area (Å²) in [7, 11) is 0. The molecule has 0 radical (unpaired) electrons. The average molecular weight is 288 g/mol. The molecule has 2 aromatic rings. The van der Waals surface area contributed by atoms with Crippen LogP contribution in [0.4, 0.5) is 0 Å². The Morgan fingerprint density at radius 2 is 2.14 bits per heavy atom. The van der Waals surface area contributed by atoms with E-state index in [0.29, 0.717) is 17.5 Å². The molecule has 0 saturated heterocycles. The van der Waals surface area contributed by atoms with Crippen molar-refractivity contribution in [1.82, 2.24) is 19.5 Å². The summed E-state index contributed by atoms with van der Waals surface area (Å²) in [6.07, 6.45) is 12.0. The second-order valence-corrected chi connectivity index (χ2v) is 5.98. The first-order chi connectivity index (χ1) is 10.3. The van der Waals surface area contributed by atoms with Crippen LogP contribution in [0.2, 0.25) is 0 Å². The Balaban J connectivity index is 1.83. The summed E-state index contributed by atoms with van der Waals surface area (Å²) in [4.78, 5) is 12.5. The summed E-state index contributed by atoms with van der Waals surface area (Å²) in [6.45, 7) is 3.84. The van der Waals surface area contributed by atoms with E-state index >= 15 is 0 Å². The second kappa shape index (κ2) is 6.43. The molecule has 5 heteroatoms. The first kappa shape index (κ1) is 14.3. The third-order valence-corrected chi connectivity index (χ3v) is 4.62. The molecule has 1 unspecified atom stereocenters. The van der Waals surface area contributed by atoms with E-state index in [4.69, 9.17) is 0 Å². The Hall–Kier alpha value is -1.62. The fraction of sp³-hybridized carbons (Fsp3) is 0.625. The zero-order valence-electron chi connectivity index (χ0n) is 12.7. The summed E-state index contributed by atoms with van der Waals surface area (Å²) in [6, 6.07) is 2.17. The van der Waals surface area contributed by atoms with Gasteiger partial charge in [0.15, 0.2) is 0 Å². The van der Waals surface area contributed by atoms with Crippen molar-refractivity contribution in [3.05, 3.63) is 35.0 Å². The molecule has 21 heavy (non-hydrogen) atoms. The van der Waals surface area contributed by atoms with Crippen LogP contribution < -0.4 is 10.9 Å². The van der Waals surface area contributed by atoms with Crippen LogP contribution >= 0.6 is 0 Å². The standard InChI is InChI=1S/C16H24N4O/c1-2-17-14(13-6-4-3-5-7-13)12-19-10-11-20-15(16(19)21)8-9-18-20/h8-11,13-14,17H,2-7,12H2,1H3. The van der Waals surface area contributed by atoms with Gasteiger partial charge in [-0.2, -0.15) is 5.10 Å². The maximum atomic E-state index is 12.5. The summed E-state index contributed by atoms with van der Waals surface area (Å²) >= 11 is 0. The topological polar surface area (TPSA) is 51.3 Å². The van der Waals surface area contributed by atoms with Crippen LogP contribution in [0, 0.1) is 5.92 Å². The van der Waals surface area contributed by atoms with Crippen molar-refractivity contribution in [3.8, 4) is 0 Å². The van der Waals surface area contributed by atoms with Crippen LogP contribution in [-0.2, 0) is 6.54 Å². The maximum Gasteiger partial charge on any atom is 0.276 e. The van der Waals surface area contributed by atoms with Gasteiger partial charge in [0.05, 0.1) is 6.20 Å². The smallest absolute Gasteiger partial charge is 0.276 e. The van der Waals surface area contributed by atoms with Gasteiger partial charge in [0.25, 0.3) is 5.56 Å². The van der Waals surface area contributed by atoms with Gasteiger partial charge in [0.1, 0.15) is 5.52 Å². The number of aromatic nitrogens is 3. The molecule has 0 aromatic carbocycles. The highest BCUT2D eigenvalue weighted by atomic mass is 16.1. The van der Waals surface area contributed by atoms with E-state index in [9.17, 15) is 4.79 Å². The molecule has 2 heterocycles. The molecule has 2 aromatic heterocycles. The molecule has 1 aliphatic carbocycles. The third-order valence-electron chi connectivity index (χ3n) is 4.62. The van der Waals surface area contributed by atoms with E-state index in [-0.39, 0.29) is 5.56 Å². The summed E-state index contributed by atoms with van der Waals surface area (Å²) < 4.78 is 3.47. The SMILES string of the molecule is CCNC(Cn1ccn2nccc2c1=O)C1CCCCC1. The average Bonchev–Trinajstić information content (AvgIpc) is 2.99. The Bertz CT molecular complexity index is 639. The van der Waals surface area contributed by atoms with E-state index in [1.54, 1.807) is 16.8 Å². The molecule has 5 nitrogen and oxygen atoms in total. The van der Waals surface area contributed by atoms with E-state index in [1.165, 1.54) is 32.1 Å². The Morgan fingerprint density at radius 1 is 1.33 bits per heavy atom. The van der Waals surface area contributed by atoms with Crippen LogP contribution in [0.25, 0.3) is 5.52 Å². The number of nitrogens with one attached hydrogen (secondary N) is 1. The van der Waals surface area contributed by atoms with Crippen LogP contribution in [0.3, 0.4) is 0 Å². The highest BCUT2D eigenvalue weighted by molar-refractivity contribution is 5.42. The van der Waals surface area contributed by atoms with E-state index in [1.807, 2.05) is 17.0 Å². The summed E-state index contributed by atoms with van der Waals surface area (Å²) in [5.41, 5.74) is 0.699. The van der Waals surface area contributed by atoms with Crippen LogP contribution in [0.15, 0.2) is 29.5 Å². The van der Waals surface area contributed by atoms with Crippen LogP contribution in [0.1, 0.15) is 39.0 Å². The quantitative estimate of drug-likeness (QED) is 0.916. The highest BCUT2D eigenvalue weighted by Crippen LogP contribution is 2.27. The zero-order chi connectivity index (χ0) is 14.7. The first-order valence-corrected chi connectivity index (χ1v) is 8.05. The Kier molecular flexibility index (Phi) is 4.39. The molecule has 1 fully saturated rings. The lowest BCUT2D eigenvalue weighted by Crippen LogP contribution is -2.42. The summed E-state index contributed by atoms with van der Waals surface area (Å²) in [5, 5.41) is 7.70. The molecule has 0 spiro atoms. The lowest BCUT2D eigenvalue weighted by molar-refractivity contribution is 0.249. The molecule has 1 atom stereocenters. The van der Waals surface area contributed by atoms with Gasteiger partial charge in [-0.25, -0.2) is 4.52 Å². The predicted molar refractivity (Wildman–Crippen MR) is 83.5 cm³/mol. The van der Waals surface area contributed by atoms with Crippen molar-refractivity contribution in [2.75, 3.05) is 6.54 Å². The minimum atomic E-state index is 0.0497. The minimum absolute atomic E-state index is 0.0497. The van der Waals surface area contributed by atoms with Gasteiger partial charge in [0.2, 0.25) is 0 Å². The lowest BCUT2D eigenvalue weighted by atomic mass is 9.83. The monoisotopic (exact) mass is 288 g/mol. The van der Waals surface area contributed by atoms with Crippen LogP contribution in [0.5, 0.6) is 0 Å². The molecule has 1 aliphatic rings. The molecule has 0 amide bonds. The molecule has 0 bridgehead atoms. The lowest BCUT2D eigenvalue weighted by Gasteiger charge is -2.31. The molecule has 3 rings (SSSR count).